The van der Waals surface area contributed by atoms with Gasteiger partial charge in [-0.1, -0.05) is 26.0 Å². The number of alkyl halides is 3. The first-order valence-corrected chi connectivity index (χ1v) is 7.12. The highest BCUT2D eigenvalue weighted by atomic mass is 32.2. The van der Waals surface area contributed by atoms with Gasteiger partial charge in [0.25, 0.3) is 0 Å². The Labute approximate surface area is 119 Å². The Bertz CT molecular complexity index is 423. The highest BCUT2D eigenvalue weighted by Crippen LogP contribution is 2.30. The maximum atomic E-state index is 13.7. The maximum Gasteiger partial charge on any atom is 0.441 e. The summed E-state index contributed by atoms with van der Waals surface area (Å²) in [6, 6.07) is 4.67. The summed E-state index contributed by atoms with van der Waals surface area (Å²) in [6.45, 7) is 4.09. The molecule has 20 heavy (non-hydrogen) atoms. The van der Waals surface area contributed by atoms with Gasteiger partial charge in [0, 0.05) is 23.9 Å². The molecule has 1 N–H and O–H groups in total. The minimum absolute atomic E-state index is 0.0171. The van der Waals surface area contributed by atoms with Crippen LogP contribution in [-0.4, -0.2) is 23.9 Å². The first-order valence-electron chi connectivity index (χ1n) is 6.14. The van der Waals surface area contributed by atoms with Crippen molar-refractivity contribution < 1.29 is 22.3 Å². The molecule has 0 aliphatic carbocycles. The van der Waals surface area contributed by atoms with Gasteiger partial charge in [0.15, 0.2) is 11.6 Å². The van der Waals surface area contributed by atoms with Gasteiger partial charge in [-0.15, -0.1) is 0 Å². The van der Waals surface area contributed by atoms with E-state index in [2.05, 4.69) is 5.32 Å². The highest BCUT2D eigenvalue weighted by molar-refractivity contribution is 8.00. The Hall–Kier alpha value is -0.950. The minimum Gasteiger partial charge on any atom is -0.489 e. The van der Waals surface area contributed by atoms with Crippen molar-refractivity contribution in [2.24, 2.45) is 0 Å². The minimum atomic E-state index is -4.29. The molecule has 2 nitrogen and oxygen atoms in total. The lowest BCUT2D eigenvalue weighted by Crippen LogP contribution is -2.22. The molecule has 0 radical (unpaired) electrons. The van der Waals surface area contributed by atoms with Crippen LogP contribution < -0.4 is 10.1 Å². The van der Waals surface area contributed by atoms with Crippen LogP contribution in [0.5, 0.6) is 5.75 Å². The van der Waals surface area contributed by atoms with E-state index in [-0.39, 0.29) is 35.9 Å². The maximum absolute atomic E-state index is 13.7. The number of nitrogens with one attached hydrogen (secondary N) is 1. The Morgan fingerprint density at radius 1 is 1.30 bits per heavy atom. The Balaban J connectivity index is 2.58. The van der Waals surface area contributed by atoms with E-state index in [0.717, 1.165) is 0 Å². The molecule has 0 amide bonds. The van der Waals surface area contributed by atoms with Crippen molar-refractivity contribution in [1.82, 2.24) is 5.32 Å². The third-order valence-electron chi connectivity index (χ3n) is 2.34. The van der Waals surface area contributed by atoms with Gasteiger partial charge in [0.05, 0.1) is 6.61 Å². The molecule has 7 heteroatoms. The van der Waals surface area contributed by atoms with Gasteiger partial charge in [0.2, 0.25) is 0 Å². The first kappa shape index (κ1) is 17.1. The molecule has 0 spiro atoms. The number of halogens is 4. The van der Waals surface area contributed by atoms with Crippen LogP contribution >= 0.6 is 11.8 Å². The summed E-state index contributed by atoms with van der Waals surface area (Å²) >= 11 is -0.180. The molecule has 0 atom stereocenters. The second kappa shape index (κ2) is 7.73. The molecule has 0 bridgehead atoms. The molecule has 114 valence electrons. The van der Waals surface area contributed by atoms with Crippen LogP contribution in [0, 0.1) is 5.82 Å². The van der Waals surface area contributed by atoms with E-state index in [9.17, 15) is 17.6 Å². The van der Waals surface area contributed by atoms with Crippen LogP contribution in [0.25, 0.3) is 0 Å². The van der Waals surface area contributed by atoms with E-state index in [1.54, 1.807) is 12.1 Å². The standard InChI is InChI=1S/C13H17F4NOS/c1-9(2)18-8-10-4-3-5-11(14)12(10)19-6-7-20-13(15,16)17/h3-5,9,18H,6-8H2,1-2H3. The van der Waals surface area contributed by atoms with Crippen molar-refractivity contribution >= 4 is 11.8 Å². The summed E-state index contributed by atoms with van der Waals surface area (Å²) in [5, 5.41) is 3.11. The monoisotopic (exact) mass is 311 g/mol. The van der Waals surface area contributed by atoms with Crippen molar-refractivity contribution in [1.29, 1.82) is 0 Å². The molecular formula is C13H17F4NOS. The SMILES string of the molecule is CC(C)NCc1cccc(F)c1OCCSC(F)(F)F. The summed E-state index contributed by atoms with van der Waals surface area (Å²) < 4.78 is 54.7. The predicted octanol–water partition coefficient (Wildman–Crippen LogP) is 3.96. The highest BCUT2D eigenvalue weighted by Gasteiger charge is 2.27. The number of ether oxygens (including phenoxy) is 1. The number of thioether (sulfide) groups is 1. The molecule has 0 saturated carbocycles. The number of hydrogen-bond acceptors (Lipinski definition) is 3. The summed E-state index contributed by atoms with van der Waals surface area (Å²) in [4.78, 5) is 0. The predicted molar refractivity (Wildman–Crippen MR) is 72.4 cm³/mol. The summed E-state index contributed by atoms with van der Waals surface area (Å²) in [6.07, 6.45) is 0. The van der Waals surface area contributed by atoms with Gasteiger partial charge in [-0.3, -0.25) is 0 Å². The van der Waals surface area contributed by atoms with Crippen molar-refractivity contribution in [3.05, 3.63) is 29.6 Å². The van der Waals surface area contributed by atoms with Crippen LogP contribution in [-0.2, 0) is 6.54 Å². The topological polar surface area (TPSA) is 21.3 Å². The molecule has 0 saturated heterocycles. The largest absolute Gasteiger partial charge is 0.489 e. The van der Waals surface area contributed by atoms with Crippen LogP contribution in [0.3, 0.4) is 0 Å². The van der Waals surface area contributed by atoms with E-state index in [1.807, 2.05) is 13.8 Å². The molecule has 0 aliphatic rings. The number of rotatable bonds is 7. The lowest BCUT2D eigenvalue weighted by atomic mass is 10.2. The second-order valence-corrected chi connectivity index (χ2v) is 5.57. The van der Waals surface area contributed by atoms with E-state index >= 15 is 0 Å². The van der Waals surface area contributed by atoms with Gasteiger partial charge >= 0.3 is 5.51 Å². The fourth-order valence-electron chi connectivity index (χ4n) is 1.47. The van der Waals surface area contributed by atoms with Crippen LogP contribution in [0.1, 0.15) is 19.4 Å². The molecule has 0 unspecified atom stereocenters. The van der Waals surface area contributed by atoms with Gasteiger partial charge < -0.3 is 10.1 Å². The molecule has 0 heterocycles. The van der Waals surface area contributed by atoms with Gasteiger partial charge in [-0.2, -0.15) is 13.2 Å². The summed E-state index contributed by atoms with van der Waals surface area (Å²) in [5.41, 5.74) is -3.70. The molecule has 0 aliphatic heterocycles. The molecular weight excluding hydrogens is 294 g/mol. The lowest BCUT2D eigenvalue weighted by Gasteiger charge is -2.14. The molecule has 0 fully saturated rings. The zero-order valence-electron chi connectivity index (χ0n) is 11.3. The van der Waals surface area contributed by atoms with Gasteiger partial charge in [-0.05, 0) is 17.8 Å². The van der Waals surface area contributed by atoms with E-state index in [0.29, 0.717) is 12.1 Å². The van der Waals surface area contributed by atoms with Crippen LogP contribution in [0.2, 0.25) is 0 Å². The summed E-state index contributed by atoms with van der Waals surface area (Å²) in [5.74, 6) is -0.817. The average molecular weight is 311 g/mol. The fraction of sp³-hybridized carbons (Fsp3) is 0.538. The number of benzene rings is 1. The number of hydrogen-bond donors (Lipinski definition) is 1. The number of para-hydroxylation sites is 1. The zero-order valence-corrected chi connectivity index (χ0v) is 12.1. The van der Waals surface area contributed by atoms with Crippen molar-refractivity contribution in [3.8, 4) is 5.75 Å². The summed E-state index contributed by atoms with van der Waals surface area (Å²) in [7, 11) is 0. The fourth-order valence-corrected chi connectivity index (χ4v) is 1.87. The molecule has 0 aromatic heterocycles. The van der Waals surface area contributed by atoms with Gasteiger partial charge in [0.1, 0.15) is 0 Å². The molecule has 1 aromatic rings. The van der Waals surface area contributed by atoms with Gasteiger partial charge in [-0.25, -0.2) is 4.39 Å². The van der Waals surface area contributed by atoms with Crippen LogP contribution in [0.15, 0.2) is 18.2 Å². The van der Waals surface area contributed by atoms with E-state index in [1.165, 1.54) is 6.07 Å². The third kappa shape index (κ3) is 6.47. The molecule has 1 rings (SSSR count). The quantitative estimate of drug-likeness (QED) is 0.608. The Morgan fingerprint density at radius 3 is 2.60 bits per heavy atom. The lowest BCUT2D eigenvalue weighted by molar-refractivity contribution is -0.0329. The third-order valence-corrected chi connectivity index (χ3v) is 3.04. The average Bonchev–Trinajstić information content (AvgIpc) is 2.32. The Kier molecular flexibility index (Phi) is 6.61. The second-order valence-electron chi connectivity index (χ2n) is 4.41. The van der Waals surface area contributed by atoms with Crippen molar-refractivity contribution in [2.45, 2.75) is 31.9 Å². The Morgan fingerprint density at radius 2 is 2.00 bits per heavy atom. The van der Waals surface area contributed by atoms with E-state index < -0.39 is 11.3 Å². The van der Waals surface area contributed by atoms with Crippen LogP contribution in [0.4, 0.5) is 17.6 Å². The first-order chi connectivity index (χ1) is 9.29. The smallest absolute Gasteiger partial charge is 0.441 e. The normalized spacial score (nSPS) is 11.9. The molecule has 1 aromatic carbocycles. The van der Waals surface area contributed by atoms with Crippen molar-refractivity contribution in [2.75, 3.05) is 12.4 Å². The zero-order chi connectivity index (χ0) is 15.2. The van der Waals surface area contributed by atoms with Crippen molar-refractivity contribution in [3.63, 3.8) is 0 Å². The van der Waals surface area contributed by atoms with E-state index in [4.69, 9.17) is 4.74 Å².